The second kappa shape index (κ2) is 4.30. The molecule has 72 valence electrons. The SMILES string of the molecule is NCc1cccc(Sc2ncc[nH]2)c1. The van der Waals surface area contributed by atoms with Gasteiger partial charge in [-0.05, 0) is 17.7 Å². The molecule has 2 aromatic rings. The fourth-order valence-electron chi connectivity index (χ4n) is 1.15. The normalized spacial score (nSPS) is 10.4. The lowest BCUT2D eigenvalue weighted by molar-refractivity contribution is 1.04. The van der Waals surface area contributed by atoms with Gasteiger partial charge >= 0.3 is 0 Å². The molecule has 0 aliphatic carbocycles. The third kappa shape index (κ3) is 2.16. The van der Waals surface area contributed by atoms with Crippen molar-refractivity contribution in [3.8, 4) is 0 Å². The first-order chi connectivity index (χ1) is 6.88. The Bertz CT molecular complexity index is 398. The summed E-state index contributed by atoms with van der Waals surface area (Å²) in [7, 11) is 0. The fraction of sp³-hybridized carbons (Fsp3) is 0.100. The van der Waals surface area contributed by atoms with E-state index in [9.17, 15) is 0 Å². The van der Waals surface area contributed by atoms with Crippen LogP contribution in [0.15, 0.2) is 46.7 Å². The van der Waals surface area contributed by atoms with Gasteiger partial charge in [0.2, 0.25) is 0 Å². The molecule has 1 aromatic carbocycles. The highest BCUT2D eigenvalue weighted by atomic mass is 32.2. The monoisotopic (exact) mass is 205 g/mol. The smallest absolute Gasteiger partial charge is 0.170 e. The molecule has 0 spiro atoms. The third-order valence-electron chi connectivity index (χ3n) is 1.82. The van der Waals surface area contributed by atoms with Crippen molar-refractivity contribution in [2.75, 3.05) is 0 Å². The van der Waals surface area contributed by atoms with Crippen LogP contribution in [0.2, 0.25) is 0 Å². The lowest BCUT2D eigenvalue weighted by Crippen LogP contribution is -1.95. The molecule has 2 rings (SSSR count). The van der Waals surface area contributed by atoms with Crippen LogP contribution in [0.3, 0.4) is 0 Å². The number of rotatable bonds is 3. The van der Waals surface area contributed by atoms with Crippen molar-refractivity contribution in [2.24, 2.45) is 5.73 Å². The zero-order chi connectivity index (χ0) is 9.80. The van der Waals surface area contributed by atoms with Crippen molar-refractivity contribution >= 4 is 11.8 Å². The highest BCUT2D eigenvalue weighted by Gasteiger charge is 1.99. The molecule has 0 fully saturated rings. The average molecular weight is 205 g/mol. The predicted molar refractivity (Wildman–Crippen MR) is 57.0 cm³/mol. The van der Waals surface area contributed by atoms with E-state index in [2.05, 4.69) is 16.0 Å². The zero-order valence-electron chi connectivity index (χ0n) is 7.60. The largest absolute Gasteiger partial charge is 0.339 e. The van der Waals surface area contributed by atoms with E-state index >= 15 is 0 Å². The van der Waals surface area contributed by atoms with Gasteiger partial charge in [-0.25, -0.2) is 4.98 Å². The molecule has 0 amide bonds. The van der Waals surface area contributed by atoms with Gasteiger partial charge in [-0.2, -0.15) is 0 Å². The van der Waals surface area contributed by atoms with Crippen LogP contribution >= 0.6 is 11.8 Å². The van der Waals surface area contributed by atoms with Gasteiger partial charge in [-0.1, -0.05) is 23.9 Å². The third-order valence-corrected chi connectivity index (χ3v) is 2.73. The summed E-state index contributed by atoms with van der Waals surface area (Å²) in [5, 5.41) is 0.902. The Morgan fingerprint density at radius 1 is 1.43 bits per heavy atom. The second-order valence-corrected chi connectivity index (χ2v) is 3.91. The van der Waals surface area contributed by atoms with Crippen molar-refractivity contribution in [1.29, 1.82) is 0 Å². The highest BCUT2D eigenvalue weighted by Crippen LogP contribution is 2.24. The van der Waals surface area contributed by atoms with Gasteiger partial charge < -0.3 is 10.7 Å². The summed E-state index contributed by atoms with van der Waals surface area (Å²) in [6.07, 6.45) is 3.56. The Morgan fingerprint density at radius 3 is 3.07 bits per heavy atom. The number of benzene rings is 1. The van der Waals surface area contributed by atoms with Crippen LogP contribution in [0.5, 0.6) is 0 Å². The molecular formula is C10H11N3S. The highest BCUT2D eigenvalue weighted by molar-refractivity contribution is 7.99. The number of H-pyrrole nitrogens is 1. The van der Waals surface area contributed by atoms with Gasteiger partial charge in [-0.3, -0.25) is 0 Å². The Morgan fingerprint density at radius 2 is 2.36 bits per heavy atom. The van der Waals surface area contributed by atoms with E-state index < -0.39 is 0 Å². The first kappa shape index (κ1) is 9.30. The minimum atomic E-state index is 0.576. The lowest BCUT2D eigenvalue weighted by Gasteiger charge is -2.00. The Labute approximate surface area is 86.7 Å². The molecule has 0 unspecified atom stereocenters. The van der Waals surface area contributed by atoms with Crippen molar-refractivity contribution in [3.63, 3.8) is 0 Å². The van der Waals surface area contributed by atoms with Gasteiger partial charge in [-0.15, -0.1) is 0 Å². The van der Waals surface area contributed by atoms with Crippen molar-refractivity contribution in [1.82, 2.24) is 9.97 Å². The molecule has 1 heterocycles. The molecule has 3 nitrogen and oxygen atoms in total. The summed E-state index contributed by atoms with van der Waals surface area (Å²) in [5.41, 5.74) is 6.70. The van der Waals surface area contributed by atoms with Gasteiger partial charge in [0, 0.05) is 23.8 Å². The molecule has 1 aromatic heterocycles. The van der Waals surface area contributed by atoms with Gasteiger partial charge in [0.05, 0.1) is 0 Å². The van der Waals surface area contributed by atoms with E-state index in [-0.39, 0.29) is 0 Å². The summed E-state index contributed by atoms with van der Waals surface area (Å²) in [6.45, 7) is 0.576. The summed E-state index contributed by atoms with van der Waals surface area (Å²) in [4.78, 5) is 8.34. The van der Waals surface area contributed by atoms with Crippen LogP contribution in [0.1, 0.15) is 5.56 Å². The number of aromatic amines is 1. The van der Waals surface area contributed by atoms with Gasteiger partial charge in [0.15, 0.2) is 5.16 Å². The fourth-order valence-corrected chi connectivity index (χ4v) is 1.97. The minimum Gasteiger partial charge on any atom is -0.339 e. The zero-order valence-corrected chi connectivity index (χ0v) is 8.42. The summed E-state index contributed by atoms with van der Waals surface area (Å²) in [6, 6.07) is 8.15. The number of imidazole rings is 1. The van der Waals surface area contributed by atoms with E-state index in [0.29, 0.717) is 6.54 Å². The molecule has 0 saturated heterocycles. The molecule has 14 heavy (non-hydrogen) atoms. The van der Waals surface area contributed by atoms with Gasteiger partial charge in [0.1, 0.15) is 0 Å². The maximum absolute atomic E-state index is 5.56. The van der Waals surface area contributed by atoms with Crippen LogP contribution in [0.4, 0.5) is 0 Å². The predicted octanol–water partition coefficient (Wildman–Crippen LogP) is 2.02. The van der Waals surface area contributed by atoms with E-state index in [0.717, 1.165) is 15.6 Å². The number of hydrogen-bond donors (Lipinski definition) is 2. The van der Waals surface area contributed by atoms with Crippen molar-refractivity contribution < 1.29 is 0 Å². The quantitative estimate of drug-likeness (QED) is 0.806. The molecule has 0 aliphatic heterocycles. The number of nitrogens with one attached hydrogen (secondary N) is 1. The first-order valence-electron chi connectivity index (χ1n) is 4.35. The van der Waals surface area contributed by atoms with E-state index in [1.54, 1.807) is 18.0 Å². The Balaban J connectivity index is 2.17. The Hall–Kier alpha value is -1.26. The summed E-state index contributed by atoms with van der Waals surface area (Å²) in [5.74, 6) is 0. The molecule has 0 atom stereocenters. The van der Waals surface area contributed by atoms with E-state index in [1.807, 2.05) is 24.4 Å². The number of nitrogens with two attached hydrogens (primary N) is 1. The molecular weight excluding hydrogens is 194 g/mol. The molecule has 0 radical (unpaired) electrons. The molecule has 4 heteroatoms. The van der Waals surface area contributed by atoms with E-state index in [1.165, 1.54) is 0 Å². The standard InChI is InChI=1S/C10H11N3S/c11-7-8-2-1-3-9(6-8)14-10-12-4-5-13-10/h1-6H,7,11H2,(H,12,13). The van der Waals surface area contributed by atoms with Crippen LogP contribution in [-0.2, 0) is 6.54 Å². The topological polar surface area (TPSA) is 54.7 Å². The van der Waals surface area contributed by atoms with Crippen molar-refractivity contribution in [2.45, 2.75) is 16.6 Å². The molecule has 0 aliphatic rings. The minimum absolute atomic E-state index is 0.576. The lowest BCUT2D eigenvalue weighted by atomic mass is 10.2. The van der Waals surface area contributed by atoms with Crippen LogP contribution in [-0.4, -0.2) is 9.97 Å². The Kier molecular flexibility index (Phi) is 2.86. The summed E-state index contributed by atoms with van der Waals surface area (Å²) < 4.78 is 0. The summed E-state index contributed by atoms with van der Waals surface area (Å²) >= 11 is 1.60. The van der Waals surface area contributed by atoms with E-state index in [4.69, 9.17) is 5.73 Å². The molecule has 0 saturated carbocycles. The molecule has 3 N–H and O–H groups in total. The maximum Gasteiger partial charge on any atom is 0.170 e. The average Bonchev–Trinajstić information content (AvgIpc) is 2.71. The second-order valence-electron chi connectivity index (χ2n) is 2.85. The van der Waals surface area contributed by atoms with Crippen molar-refractivity contribution in [3.05, 3.63) is 42.2 Å². The number of aromatic nitrogens is 2. The van der Waals surface area contributed by atoms with Gasteiger partial charge in [0.25, 0.3) is 0 Å². The number of hydrogen-bond acceptors (Lipinski definition) is 3. The number of nitrogens with zero attached hydrogens (tertiary/aromatic N) is 1. The first-order valence-corrected chi connectivity index (χ1v) is 5.16. The molecule has 0 bridgehead atoms. The maximum atomic E-state index is 5.56. The van der Waals surface area contributed by atoms with Crippen LogP contribution < -0.4 is 5.73 Å². The van der Waals surface area contributed by atoms with Crippen LogP contribution in [0.25, 0.3) is 0 Å². The van der Waals surface area contributed by atoms with Crippen LogP contribution in [0, 0.1) is 0 Å².